The van der Waals surface area contributed by atoms with E-state index in [1.54, 1.807) is 18.9 Å². The van der Waals surface area contributed by atoms with Crippen LogP contribution in [0.15, 0.2) is 24.3 Å². The number of aromatic nitrogens is 4. The first-order valence-corrected chi connectivity index (χ1v) is 8.60. The average Bonchev–Trinajstić information content (AvgIpc) is 3.09. The number of nitrogens with one attached hydrogen (secondary N) is 1. The van der Waals surface area contributed by atoms with E-state index in [0.717, 1.165) is 36.8 Å². The number of hydrogen-bond acceptors (Lipinski definition) is 6. The molecule has 0 unspecified atom stereocenters. The van der Waals surface area contributed by atoms with Gasteiger partial charge in [-0.1, -0.05) is 18.2 Å². The van der Waals surface area contributed by atoms with Crippen LogP contribution in [-0.2, 0) is 23.4 Å². The van der Waals surface area contributed by atoms with E-state index in [1.165, 1.54) is 4.90 Å². The minimum atomic E-state index is -0.835. The van der Waals surface area contributed by atoms with Crippen LogP contribution in [0.1, 0.15) is 24.2 Å². The van der Waals surface area contributed by atoms with Gasteiger partial charge in [0.05, 0.1) is 33.4 Å². The Labute approximate surface area is 147 Å². The number of nitrogens with zero attached hydrogens (tertiary/aromatic N) is 4. The minimum Gasteiger partial charge on any atom is -0.496 e. The minimum absolute atomic E-state index is 0.584. The van der Waals surface area contributed by atoms with Crippen LogP contribution in [0.3, 0.4) is 0 Å². The zero-order valence-corrected chi connectivity index (χ0v) is 14.8. The molecule has 136 valence electrons. The lowest BCUT2D eigenvalue weighted by molar-refractivity contribution is -0.922. The third kappa shape index (κ3) is 3.97. The molecular weight excluding hydrogens is 322 g/mol. The fourth-order valence-corrected chi connectivity index (χ4v) is 3.42. The first kappa shape index (κ1) is 17.8. The largest absolute Gasteiger partial charge is 0.496 e. The number of likely N-dealkylation sites (tertiary alicyclic amines) is 1. The monoisotopic (exact) mass is 348 g/mol. The molecule has 0 radical (unpaired) electrons. The summed E-state index contributed by atoms with van der Waals surface area (Å²) in [6.45, 7) is 3.69. The maximum absolute atomic E-state index is 11.1. The first-order valence-electron chi connectivity index (χ1n) is 8.60. The molecule has 1 aromatic heterocycles. The molecular formula is C17H26N5O3+. The standard InChI is InChI=1S/C17H25N5O3/c1-24-12-11-22-16(18-19-20-22)13-21-9-7-17(23,8-10-21)14-5-3-4-6-15(14)25-2/h3-6,23H,7-13H2,1-2H3/p+1. The van der Waals surface area contributed by atoms with Gasteiger partial charge in [0.15, 0.2) is 0 Å². The van der Waals surface area contributed by atoms with Crippen molar-refractivity contribution < 1.29 is 19.5 Å². The molecule has 0 spiro atoms. The predicted octanol–water partition coefficient (Wildman–Crippen LogP) is -0.605. The second kappa shape index (κ2) is 7.90. The van der Waals surface area contributed by atoms with Gasteiger partial charge >= 0.3 is 0 Å². The molecule has 2 heterocycles. The highest BCUT2D eigenvalue weighted by molar-refractivity contribution is 5.38. The Morgan fingerprint density at radius 2 is 2.00 bits per heavy atom. The van der Waals surface area contributed by atoms with Crippen LogP contribution in [-0.4, -0.2) is 59.2 Å². The van der Waals surface area contributed by atoms with Crippen LogP contribution >= 0.6 is 0 Å². The number of rotatable bonds is 7. The Kier molecular flexibility index (Phi) is 5.62. The normalized spacial score (nSPS) is 23.6. The third-order valence-electron chi connectivity index (χ3n) is 4.91. The van der Waals surface area contributed by atoms with Gasteiger partial charge in [-0.2, -0.15) is 0 Å². The molecule has 3 rings (SSSR count). The van der Waals surface area contributed by atoms with Crippen molar-refractivity contribution in [2.45, 2.75) is 31.5 Å². The van der Waals surface area contributed by atoms with Crippen LogP contribution in [0.2, 0.25) is 0 Å². The van der Waals surface area contributed by atoms with Crippen LogP contribution < -0.4 is 9.64 Å². The third-order valence-corrected chi connectivity index (χ3v) is 4.91. The number of para-hydroxylation sites is 1. The van der Waals surface area contributed by atoms with Crippen molar-refractivity contribution in [1.82, 2.24) is 20.2 Å². The summed E-state index contributed by atoms with van der Waals surface area (Å²) in [5, 5.41) is 23.0. The molecule has 8 heteroatoms. The number of aliphatic hydroxyl groups is 1. The van der Waals surface area contributed by atoms with E-state index in [2.05, 4.69) is 15.5 Å². The van der Waals surface area contributed by atoms with E-state index in [9.17, 15) is 5.11 Å². The summed E-state index contributed by atoms with van der Waals surface area (Å²) in [4.78, 5) is 1.37. The van der Waals surface area contributed by atoms with Crippen LogP contribution in [0.4, 0.5) is 0 Å². The van der Waals surface area contributed by atoms with E-state index in [4.69, 9.17) is 9.47 Å². The molecule has 1 aliphatic heterocycles. The second-order valence-electron chi connectivity index (χ2n) is 6.47. The van der Waals surface area contributed by atoms with Gasteiger partial charge in [0, 0.05) is 25.5 Å². The van der Waals surface area contributed by atoms with Crippen LogP contribution in [0, 0.1) is 0 Å². The van der Waals surface area contributed by atoms with Crippen LogP contribution in [0.5, 0.6) is 5.75 Å². The quantitative estimate of drug-likeness (QED) is 0.695. The average molecular weight is 348 g/mol. The molecule has 1 fully saturated rings. The van der Waals surface area contributed by atoms with Gasteiger partial charge < -0.3 is 19.5 Å². The Balaban J connectivity index is 1.63. The number of hydrogen-bond donors (Lipinski definition) is 2. The number of piperidine rings is 1. The summed E-state index contributed by atoms with van der Waals surface area (Å²) >= 11 is 0. The fraction of sp³-hybridized carbons (Fsp3) is 0.588. The Bertz CT molecular complexity index is 682. The van der Waals surface area contributed by atoms with Crippen molar-refractivity contribution in [2.75, 3.05) is 33.9 Å². The molecule has 0 aliphatic carbocycles. The number of tetrazole rings is 1. The number of ether oxygens (including phenoxy) is 2. The maximum Gasteiger partial charge on any atom is 0.206 e. The fourth-order valence-electron chi connectivity index (χ4n) is 3.42. The molecule has 1 saturated heterocycles. The molecule has 0 bridgehead atoms. The van der Waals surface area contributed by atoms with Crippen molar-refractivity contribution in [2.24, 2.45) is 0 Å². The van der Waals surface area contributed by atoms with Crippen molar-refractivity contribution >= 4 is 0 Å². The molecule has 0 saturated carbocycles. The number of quaternary nitrogens is 1. The number of benzene rings is 1. The summed E-state index contributed by atoms with van der Waals surface area (Å²) in [6, 6.07) is 7.72. The zero-order valence-electron chi connectivity index (χ0n) is 14.8. The molecule has 0 amide bonds. The molecule has 25 heavy (non-hydrogen) atoms. The van der Waals surface area contributed by atoms with Gasteiger partial charge in [-0.3, -0.25) is 0 Å². The van der Waals surface area contributed by atoms with Gasteiger partial charge in [0.1, 0.15) is 17.9 Å². The highest BCUT2D eigenvalue weighted by Gasteiger charge is 2.38. The Hall–Kier alpha value is -2.03. The van der Waals surface area contributed by atoms with Crippen molar-refractivity contribution in [3.05, 3.63) is 35.7 Å². The SMILES string of the molecule is COCCn1nnnc1C[NH+]1CCC(O)(c2ccccc2OC)CC1. The lowest BCUT2D eigenvalue weighted by atomic mass is 9.84. The summed E-state index contributed by atoms with van der Waals surface area (Å²) in [7, 11) is 3.31. The van der Waals surface area contributed by atoms with Gasteiger partial charge in [-0.25, -0.2) is 4.68 Å². The molecule has 1 aromatic carbocycles. The Morgan fingerprint density at radius 1 is 1.24 bits per heavy atom. The molecule has 2 N–H and O–H groups in total. The predicted molar refractivity (Wildman–Crippen MR) is 90.2 cm³/mol. The van der Waals surface area contributed by atoms with Gasteiger partial charge in [0.25, 0.3) is 0 Å². The smallest absolute Gasteiger partial charge is 0.206 e. The summed E-state index contributed by atoms with van der Waals surface area (Å²) < 4.78 is 12.3. The first-order chi connectivity index (χ1) is 12.2. The van der Waals surface area contributed by atoms with Crippen molar-refractivity contribution in [3.8, 4) is 5.75 Å². The highest BCUT2D eigenvalue weighted by atomic mass is 16.5. The summed E-state index contributed by atoms with van der Waals surface area (Å²) in [5.41, 5.74) is 0.0411. The topological polar surface area (TPSA) is 86.7 Å². The van der Waals surface area contributed by atoms with Crippen molar-refractivity contribution in [3.63, 3.8) is 0 Å². The van der Waals surface area contributed by atoms with E-state index >= 15 is 0 Å². The highest BCUT2D eigenvalue weighted by Crippen LogP contribution is 2.35. The molecule has 0 atom stereocenters. The maximum atomic E-state index is 11.1. The zero-order chi connectivity index (χ0) is 17.7. The van der Waals surface area contributed by atoms with Crippen molar-refractivity contribution in [1.29, 1.82) is 0 Å². The second-order valence-corrected chi connectivity index (χ2v) is 6.47. The van der Waals surface area contributed by atoms with E-state index in [-0.39, 0.29) is 0 Å². The molecule has 2 aromatic rings. The summed E-state index contributed by atoms with van der Waals surface area (Å²) in [6.07, 6.45) is 1.37. The lowest BCUT2D eigenvalue weighted by Gasteiger charge is -2.36. The van der Waals surface area contributed by atoms with E-state index in [0.29, 0.717) is 26.0 Å². The molecule has 8 nitrogen and oxygen atoms in total. The van der Waals surface area contributed by atoms with E-state index in [1.807, 2.05) is 24.3 Å². The van der Waals surface area contributed by atoms with Crippen LogP contribution in [0.25, 0.3) is 0 Å². The number of methoxy groups -OCH3 is 2. The summed E-state index contributed by atoms with van der Waals surface area (Å²) in [5.74, 6) is 1.60. The van der Waals surface area contributed by atoms with Gasteiger partial charge in [-0.05, 0) is 16.5 Å². The van der Waals surface area contributed by atoms with E-state index < -0.39 is 5.60 Å². The van der Waals surface area contributed by atoms with Gasteiger partial charge in [-0.15, -0.1) is 5.10 Å². The van der Waals surface area contributed by atoms with Gasteiger partial charge in [0.2, 0.25) is 5.82 Å². The molecule has 1 aliphatic rings. The Morgan fingerprint density at radius 3 is 2.72 bits per heavy atom. The lowest BCUT2D eigenvalue weighted by Crippen LogP contribution is -3.12.